The van der Waals surface area contributed by atoms with E-state index in [-0.39, 0.29) is 33.9 Å². The summed E-state index contributed by atoms with van der Waals surface area (Å²) >= 11 is 0. The van der Waals surface area contributed by atoms with Crippen molar-refractivity contribution in [3.63, 3.8) is 0 Å². The normalized spacial score (nSPS) is 14.1. The Morgan fingerprint density at radius 2 is 0.615 bits per heavy atom. The van der Waals surface area contributed by atoms with Crippen molar-refractivity contribution < 1.29 is 11.0 Å². The van der Waals surface area contributed by atoms with Gasteiger partial charge in [-0.05, 0) is 147 Å². The summed E-state index contributed by atoms with van der Waals surface area (Å²) in [6.07, 6.45) is 0. The summed E-state index contributed by atoms with van der Waals surface area (Å²) < 4.78 is 83.0. The van der Waals surface area contributed by atoms with Crippen molar-refractivity contribution in [3.8, 4) is 50.2 Å². The topological polar surface area (TPSA) is 20.2 Å². The maximum absolute atomic E-state index is 10.0. The van der Waals surface area contributed by atoms with E-state index >= 15 is 0 Å². The molecule has 5 nitrogen and oxygen atoms in total. The van der Waals surface area contributed by atoms with E-state index in [2.05, 4.69) is 286 Å². The van der Waals surface area contributed by atoms with Crippen molar-refractivity contribution in [1.82, 2.24) is 13.4 Å². The lowest BCUT2D eigenvalue weighted by atomic mass is 9.33. The van der Waals surface area contributed by atoms with Crippen molar-refractivity contribution in [2.75, 3.05) is 9.80 Å². The predicted octanol–water partition coefficient (Wildman–Crippen LogP) is 21.8. The third-order valence-corrected chi connectivity index (χ3v) is 20.9. The molecule has 15 aromatic carbocycles. The molecule has 0 amide bonds. The number of anilines is 6. The molecular weight excluding hydrogens is 1160 g/mol. The number of rotatable bonds is 7. The van der Waals surface area contributed by atoms with Gasteiger partial charge in [-0.15, -0.1) is 0 Å². The Labute approximate surface area is 564 Å². The second-order valence-electron chi connectivity index (χ2n) is 25.7. The first-order chi connectivity index (χ1) is 51.0. The molecule has 0 saturated heterocycles. The van der Waals surface area contributed by atoms with Gasteiger partial charge in [0.1, 0.15) is 0 Å². The zero-order valence-corrected chi connectivity index (χ0v) is 51.4. The number of benzene rings is 15. The van der Waals surface area contributed by atoms with Crippen molar-refractivity contribution in [2.24, 2.45) is 0 Å². The Kier molecular flexibility index (Phi) is 9.08. The monoisotopic (exact) mass is 1220 g/mol. The summed E-state index contributed by atoms with van der Waals surface area (Å²) in [7, 11) is 0. The summed E-state index contributed by atoms with van der Waals surface area (Å²) in [6, 6.07) is 96.6. The Balaban J connectivity index is 0.905. The highest BCUT2D eigenvalue weighted by Gasteiger charge is 2.45. The van der Waals surface area contributed by atoms with Crippen LogP contribution in [-0.2, 0) is 0 Å². The van der Waals surface area contributed by atoms with Crippen molar-refractivity contribution >= 4 is 155 Å². The number of aromatic nitrogens is 3. The Hall–Kier alpha value is -12.6. The van der Waals surface area contributed by atoms with Crippen LogP contribution in [0.4, 0.5) is 34.1 Å². The van der Waals surface area contributed by atoms with Crippen molar-refractivity contribution in [3.05, 3.63) is 327 Å². The van der Waals surface area contributed by atoms with Gasteiger partial charge < -0.3 is 23.2 Å². The molecule has 20 aromatic rings. The average Bonchev–Trinajstić information content (AvgIpc) is 1.61. The van der Waals surface area contributed by atoms with Gasteiger partial charge in [-0.25, -0.2) is 0 Å². The fourth-order valence-corrected chi connectivity index (χ4v) is 17.0. The minimum absolute atomic E-state index is 0.00203. The van der Waals surface area contributed by atoms with Crippen LogP contribution in [0.5, 0.6) is 0 Å². The summed E-state index contributed by atoms with van der Waals surface area (Å²) in [5.74, 6) is 0. The van der Waals surface area contributed by atoms with Gasteiger partial charge in [0.25, 0.3) is 6.71 Å². The highest BCUT2D eigenvalue weighted by molar-refractivity contribution is 7.00. The van der Waals surface area contributed by atoms with Crippen LogP contribution in [-0.4, -0.2) is 20.1 Å². The van der Waals surface area contributed by atoms with E-state index in [0.717, 1.165) is 171 Å². The quantitative estimate of drug-likeness (QED) is 0.148. The van der Waals surface area contributed by atoms with Gasteiger partial charge >= 0.3 is 0 Å². The Morgan fingerprint density at radius 3 is 1.03 bits per heavy atom. The zero-order chi connectivity index (χ0) is 69.4. The third kappa shape index (κ3) is 7.03. The number of para-hydroxylation sites is 8. The molecule has 22 rings (SSSR count). The molecule has 7 heterocycles. The Bertz CT molecular complexity index is 6600. The van der Waals surface area contributed by atoms with Crippen molar-refractivity contribution in [1.29, 1.82) is 0 Å². The SMILES string of the molecule is [2H]c1c([2H])c([2H])c2c(c1[2H])c1c([2H])c([2H])c([2H])c([2H])c1n2-c1cc2c3c(c1)N(c1ccccc1-c1cc4c5ccccc5n5c6ccccc6c(c1)c45)c1ccc(-c4ccccc4)cc1B3c1cc(-c3ccccc3)ccc1N2c1ccccc1-c1cc2c3ccccc3n3c4ccccc4c(c1)c23. The van der Waals surface area contributed by atoms with E-state index in [4.69, 9.17) is 2.74 Å². The standard InChI is InChI=1S/C90H54BN5/c1-3-23-55(24-4-1)57-43-45-84-74(51-57)91-75-52-58(56-25-5-2-6-26-56)44-46-85(75)94(77-36-16-8-28-63(77)60-49-72-68-33-13-21-41-82(68)96-83-42-22-14-34-69(83)73(50-60)90(72)96)87-54-61(92-78-37-17-9-29-64(78)65-30-10-18-38-79(65)92)53-86(88(87)91)93(84)76-35-15-7-27-62(76)59-47-70-66-31-11-19-39-80(66)95-81-40-20-12-32-67(81)71(48-59)89(70)95/h1-54H/i9D,10D,17D,18D,29D,30D,37D,38D. The smallest absolute Gasteiger partial charge is 0.252 e. The third-order valence-electron chi connectivity index (χ3n) is 20.9. The fourth-order valence-electron chi connectivity index (χ4n) is 17.0. The van der Waals surface area contributed by atoms with Gasteiger partial charge in [-0.1, -0.05) is 230 Å². The summed E-state index contributed by atoms with van der Waals surface area (Å²) in [5.41, 5.74) is 23.6. The second kappa shape index (κ2) is 19.5. The van der Waals surface area contributed by atoms with E-state index in [1.54, 1.807) is 4.57 Å². The minimum atomic E-state index is -0.504. The lowest BCUT2D eigenvalue weighted by Gasteiger charge is -2.45. The summed E-state index contributed by atoms with van der Waals surface area (Å²) in [5, 5.41) is 9.13. The van der Waals surface area contributed by atoms with Crippen LogP contribution < -0.4 is 26.2 Å². The van der Waals surface area contributed by atoms with E-state index < -0.39 is 43.0 Å². The van der Waals surface area contributed by atoms with E-state index in [1.807, 2.05) is 12.1 Å². The number of fused-ring (bicyclic) bond motifs is 19. The molecular formula is C90H54BN5. The van der Waals surface area contributed by atoms with Crippen LogP contribution in [0.25, 0.3) is 148 Å². The molecule has 0 fully saturated rings. The maximum atomic E-state index is 10.0. The predicted molar refractivity (Wildman–Crippen MR) is 406 cm³/mol. The lowest BCUT2D eigenvalue weighted by molar-refractivity contribution is 1.16. The molecule has 0 N–H and O–H groups in total. The lowest BCUT2D eigenvalue weighted by Crippen LogP contribution is -2.61. The van der Waals surface area contributed by atoms with E-state index in [1.165, 1.54) is 0 Å². The number of hydrogen-bond donors (Lipinski definition) is 0. The molecule has 0 bridgehead atoms. The van der Waals surface area contributed by atoms with Crippen LogP contribution >= 0.6 is 0 Å². The first kappa shape index (κ1) is 44.8. The molecule has 0 radical (unpaired) electrons. The van der Waals surface area contributed by atoms with Crippen LogP contribution in [0, 0.1) is 0 Å². The first-order valence-corrected chi connectivity index (χ1v) is 32.7. The molecule has 2 aliphatic rings. The highest BCUT2D eigenvalue weighted by atomic mass is 15.2. The molecule has 96 heavy (non-hydrogen) atoms. The molecule has 442 valence electrons. The molecule has 0 saturated carbocycles. The fraction of sp³-hybridized carbons (Fsp3) is 0. The largest absolute Gasteiger partial charge is 0.311 e. The van der Waals surface area contributed by atoms with E-state index in [9.17, 15) is 8.22 Å². The maximum Gasteiger partial charge on any atom is 0.252 e. The van der Waals surface area contributed by atoms with Crippen LogP contribution in [0.1, 0.15) is 11.0 Å². The number of hydrogen-bond acceptors (Lipinski definition) is 2. The molecule has 6 heteroatoms. The first-order valence-electron chi connectivity index (χ1n) is 36.7. The summed E-state index contributed by atoms with van der Waals surface area (Å²) in [6.45, 7) is -0.467. The molecule has 0 aliphatic carbocycles. The second-order valence-corrected chi connectivity index (χ2v) is 25.7. The number of nitrogens with zero attached hydrogens (tertiary/aromatic N) is 5. The van der Waals surface area contributed by atoms with Crippen LogP contribution in [0.2, 0.25) is 0 Å². The van der Waals surface area contributed by atoms with Crippen molar-refractivity contribution in [2.45, 2.75) is 0 Å². The van der Waals surface area contributed by atoms with Crippen LogP contribution in [0.15, 0.2) is 327 Å². The zero-order valence-electron chi connectivity index (χ0n) is 59.4. The van der Waals surface area contributed by atoms with Gasteiger partial charge in [0.2, 0.25) is 0 Å². The van der Waals surface area contributed by atoms with Gasteiger partial charge in [0.15, 0.2) is 0 Å². The van der Waals surface area contributed by atoms with Crippen LogP contribution in [0.3, 0.4) is 0 Å². The van der Waals surface area contributed by atoms with E-state index in [0.29, 0.717) is 5.69 Å². The molecule has 0 spiro atoms. The highest BCUT2D eigenvalue weighted by Crippen LogP contribution is 2.53. The molecule has 5 aromatic heterocycles. The van der Waals surface area contributed by atoms with Gasteiger partial charge in [0.05, 0.1) is 72.2 Å². The van der Waals surface area contributed by atoms with Gasteiger partial charge in [-0.2, -0.15) is 0 Å². The average molecular weight is 1220 g/mol. The minimum Gasteiger partial charge on any atom is -0.311 e. The Morgan fingerprint density at radius 1 is 0.250 bits per heavy atom. The van der Waals surface area contributed by atoms with Gasteiger partial charge in [-0.3, -0.25) is 0 Å². The molecule has 0 unspecified atom stereocenters. The van der Waals surface area contributed by atoms with Gasteiger partial charge in [0, 0.05) is 87.7 Å². The summed E-state index contributed by atoms with van der Waals surface area (Å²) in [4.78, 5) is 4.77. The molecule has 0 atom stereocenters. The molecule has 2 aliphatic heterocycles.